The number of sulfonamides is 1. The van der Waals surface area contributed by atoms with Gasteiger partial charge in [0.25, 0.3) is 10.0 Å². The Morgan fingerprint density at radius 3 is 2.37 bits per heavy atom. The third-order valence-corrected chi connectivity index (χ3v) is 7.24. The second kappa shape index (κ2) is 6.74. The monoisotopic (exact) mass is 416 g/mol. The molecule has 0 saturated carbocycles. The van der Waals surface area contributed by atoms with Crippen molar-refractivity contribution in [2.75, 3.05) is 0 Å². The average molecular weight is 417 g/mol. The number of thioether (sulfide) groups is 1. The molecule has 0 N–H and O–H groups in total. The number of fused-ring (bicyclic) bond motifs is 1. The number of thiocarbonyl (C=S) groups is 1. The maximum atomic E-state index is 13.4. The van der Waals surface area contributed by atoms with Crippen LogP contribution in [0.25, 0.3) is 0 Å². The van der Waals surface area contributed by atoms with Crippen LogP contribution in [0.15, 0.2) is 69.6 Å². The first-order chi connectivity index (χ1) is 12.9. The van der Waals surface area contributed by atoms with Crippen LogP contribution < -0.4 is 0 Å². The Bertz CT molecular complexity index is 1060. The Morgan fingerprint density at radius 1 is 1.04 bits per heavy atom. The van der Waals surface area contributed by atoms with Crippen molar-refractivity contribution < 1.29 is 8.42 Å². The first-order valence-electron chi connectivity index (χ1n) is 8.19. The van der Waals surface area contributed by atoms with Gasteiger partial charge in [0.1, 0.15) is 0 Å². The molecule has 4 rings (SSSR count). The fraction of sp³-hybridized carbons (Fsp3) is 0.167. The van der Waals surface area contributed by atoms with E-state index >= 15 is 0 Å². The van der Waals surface area contributed by atoms with E-state index in [4.69, 9.17) is 12.2 Å². The van der Waals surface area contributed by atoms with Crippen molar-refractivity contribution >= 4 is 49.3 Å². The van der Waals surface area contributed by atoms with E-state index in [0.29, 0.717) is 5.17 Å². The molecule has 1 unspecified atom stereocenters. The van der Waals surface area contributed by atoms with Gasteiger partial charge in [-0.25, -0.2) is 17.7 Å². The van der Waals surface area contributed by atoms with Crippen molar-refractivity contribution in [2.24, 2.45) is 10.1 Å². The number of rotatable bonds is 3. The predicted molar refractivity (Wildman–Crippen MR) is 112 cm³/mol. The molecule has 27 heavy (non-hydrogen) atoms. The number of aliphatic imine (C=N–C) groups is 1. The highest BCUT2D eigenvalue weighted by Crippen LogP contribution is 2.38. The SMILES string of the molecule is CC1=NN2C(=S)N(S(=O)(=O)c3ccc(C)cc3)C(c3ccccc3)N=C2S1. The number of nitrogens with zero attached hydrogens (tertiary/aromatic N) is 4. The fourth-order valence-electron chi connectivity index (χ4n) is 2.83. The highest BCUT2D eigenvalue weighted by Gasteiger charge is 2.43. The molecule has 0 spiro atoms. The van der Waals surface area contributed by atoms with Crippen molar-refractivity contribution in [3.63, 3.8) is 0 Å². The lowest BCUT2D eigenvalue weighted by atomic mass is 10.2. The lowest BCUT2D eigenvalue weighted by molar-refractivity contribution is 0.399. The molecule has 6 nitrogen and oxygen atoms in total. The van der Waals surface area contributed by atoms with Crippen LogP contribution in [-0.4, -0.2) is 33.1 Å². The predicted octanol–water partition coefficient (Wildman–Crippen LogP) is 3.72. The summed E-state index contributed by atoms with van der Waals surface area (Å²) >= 11 is 6.92. The van der Waals surface area contributed by atoms with E-state index in [1.807, 2.05) is 44.2 Å². The minimum atomic E-state index is -3.92. The second-order valence-corrected chi connectivity index (χ2v) is 9.47. The summed E-state index contributed by atoms with van der Waals surface area (Å²) in [6.45, 7) is 3.74. The normalized spacial score (nSPS) is 19.6. The molecule has 2 heterocycles. The molecule has 1 atom stereocenters. The van der Waals surface area contributed by atoms with Crippen LogP contribution in [0.4, 0.5) is 0 Å². The van der Waals surface area contributed by atoms with Crippen molar-refractivity contribution in [1.82, 2.24) is 9.31 Å². The van der Waals surface area contributed by atoms with Crippen molar-refractivity contribution in [1.29, 1.82) is 0 Å². The molecule has 0 bridgehead atoms. The zero-order chi connectivity index (χ0) is 19.2. The number of benzene rings is 2. The minimum absolute atomic E-state index is 0.0961. The number of amidine groups is 1. The average Bonchev–Trinajstić information content (AvgIpc) is 3.03. The van der Waals surface area contributed by atoms with E-state index < -0.39 is 16.2 Å². The van der Waals surface area contributed by atoms with E-state index in [0.717, 1.165) is 16.2 Å². The van der Waals surface area contributed by atoms with Crippen LogP contribution in [0.1, 0.15) is 24.2 Å². The summed E-state index contributed by atoms with van der Waals surface area (Å²) in [5.41, 5.74) is 1.72. The number of hydrazone groups is 1. The van der Waals surface area contributed by atoms with Gasteiger partial charge in [-0.05, 0) is 55.5 Å². The van der Waals surface area contributed by atoms with E-state index in [9.17, 15) is 8.42 Å². The summed E-state index contributed by atoms with van der Waals surface area (Å²) in [5.74, 6) is 0. The Labute approximate surface area is 167 Å². The van der Waals surface area contributed by atoms with Crippen molar-refractivity contribution in [2.45, 2.75) is 24.9 Å². The third-order valence-electron chi connectivity index (χ3n) is 4.16. The quantitative estimate of drug-likeness (QED) is 0.714. The van der Waals surface area contributed by atoms with Gasteiger partial charge in [0.15, 0.2) is 11.3 Å². The highest BCUT2D eigenvalue weighted by atomic mass is 32.2. The molecule has 0 fully saturated rings. The molecule has 138 valence electrons. The zero-order valence-corrected chi connectivity index (χ0v) is 17.1. The largest absolute Gasteiger partial charge is 0.268 e. The molecule has 2 aromatic carbocycles. The van der Waals surface area contributed by atoms with Crippen LogP contribution in [0, 0.1) is 6.92 Å². The van der Waals surface area contributed by atoms with Crippen LogP contribution in [0.2, 0.25) is 0 Å². The van der Waals surface area contributed by atoms with Gasteiger partial charge < -0.3 is 0 Å². The molecule has 2 aliphatic heterocycles. The Hall–Kier alpha value is -2.23. The van der Waals surface area contributed by atoms with E-state index in [1.54, 1.807) is 24.3 Å². The summed E-state index contributed by atoms with van der Waals surface area (Å²) in [4.78, 5) is 4.82. The van der Waals surface area contributed by atoms with Gasteiger partial charge in [-0.2, -0.15) is 10.1 Å². The summed E-state index contributed by atoms with van der Waals surface area (Å²) in [5, 5.41) is 7.19. The maximum absolute atomic E-state index is 13.4. The van der Waals surface area contributed by atoms with Gasteiger partial charge in [-0.1, -0.05) is 48.0 Å². The van der Waals surface area contributed by atoms with Crippen LogP contribution in [-0.2, 0) is 10.0 Å². The minimum Gasteiger partial charge on any atom is -0.229 e. The van der Waals surface area contributed by atoms with Crippen LogP contribution in [0.5, 0.6) is 0 Å². The van der Waals surface area contributed by atoms with Crippen molar-refractivity contribution in [3.8, 4) is 0 Å². The lowest BCUT2D eigenvalue weighted by Crippen LogP contribution is -2.49. The maximum Gasteiger partial charge on any atom is 0.268 e. The van der Waals surface area contributed by atoms with Crippen LogP contribution in [0.3, 0.4) is 0 Å². The molecule has 9 heteroatoms. The molecule has 2 aliphatic rings. The van der Waals surface area contributed by atoms with E-state index in [-0.39, 0.29) is 10.0 Å². The Morgan fingerprint density at radius 2 is 1.70 bits per heavy atom. The van der Waals surface area contributed by atoms with Gasteiger partial charge in [0.05, 0.1) is 9.94 Å². The molecule has 0 radical (unpaired) electrons. The van der Waals surface area contributed by atoms with Gasteiger partial charge in [0.2, 0.25) is 5.11 Å². The van der Waals surface area contributed by atoms with Gasteiger partial charge >= 0.3 is 0 Å². The van der Waals surface area contributed by atoms with E-state index in [1.165, 1.54) is 21.1 Å². The van der Waals surface area contributed by atoms with Crippen molar-refractivity contribution in [3.05, 3.63) is 65.7 Å². The number of hydrogen-bond donors (Lipinski definition) is 0. The molecular weight excluding hydrogens is 400 g/mol. The molecular formula is C18H16N4O2S3. The lowest BCUT2D eigenvalue weighted by Gasteiger charge is -2.36. The molecule has 2 aromatic rings. The molecule has 0 amide bonds. The topological polar surface area (TPSA) is 65.3 Å². The van der Waals surface area contributed by atoms with Gasteiger partial charge in [-0.15, -0.1) is 0 Å². The molecule has 0 aliphatic carbocycles. The van der Waals surface area contributed by atoms with E-state index in [2.05, 4.69) is 10.1 Å². The summed E-state index contributed by atoms with van der Waals surface area (Å²) in [7, 11) is -3.92. The second-order valence-electron chi connectivity index (χ2n) is 6.13. The van der Waals surface area contributed by atoms with Crippen LogP contribution >= 0.6 is 24.0 Å². The first-order valence-corrected chi connectivity index (χ1v) is 10.9. The smallest absolute Gasteiger partial charge is 0.229 e. The number of hydrogen-bond acceptors (Lipinski definition) is 6. The summed E-state index contributed by atoms with van der Waals surface area (Å²) < 4.78 is 28.1. The fourth-order valence-corrected chi connectivity index (χ4v) is 5.59. The summed E-state index contributed by atoms with van der Waals surface area (Å²) in [6, 6.07) is 16.0. The molecule has 0 aromatic heterocycles. The number of aryl methyl sites for hydroxylation is 1. The standard InChI is InChI=1S/C18H16N4O2S3/c1-12-8-10-15(11-9-12)27(23,24)22-16(14-6-4-3-5-7-14)19-17-21(18(22)25)20-13(2)26-17/h3-11,16H,1-2H3. The Balaban J connectivity index is 1.87. The van der Waals surface area contributed by atoms with Gasteiger partial charge in [0, 0.05) is 0 Å². The molecule has 0 saturated heterocycles. The summed E-state index contributed by atoms with van der Waals surface area (Å²) in [6.07, 6.45) is -0.773. The zero-order valence-electron chi connectivity index (χ0n) is 14.6. The first kappa shape index (κ1) is 18.1. The third kappa shape index (κ3) is 3.15. The highest BCUT2D eigenvalue weighted by molar-refractivity contribution is 8.26. The Kier molecular flexibility index (Phi) is 4.53. The van der Waals surface area contributed by atoms with Gasteiger partial charge in [-0.3, -0.25) is 0 Å².